The number of unbranched alkanes of at least 4 members (excludes halogenated alkanes) is 1. The van der Waals surface area contributed by atoms with Crippen LogP contribution >= 0.6 is 0 Å². The van der Waals surface area contributed by atoms with Gasteiger partial charge in [0.15, 0.2) is 5.78 Å². The van der Waals surface area contributed by atoms with Crippen LogP contribution in [0.25, 0.3) is 0 Å². The first-order valence-electron chi connectivity index (χ1n) is 5.32. The molecular weight excluding hydrogens is 176 g/mol. The molecule has 0 bridgehead atoms. The fourth-order valence-electron chi connectivity index (χ4n) is 1.87. The normalized spacial score (nSPS) is 16.6. The molecule has 0 saturated heterocycles. The monoisotopic (exact) mass is 194 g/mol. The number of Topliss-reactive ketones (excluding diaryl/α,β-unsaturated/α-hetero) is 2. The smallest absolute Gasteiger partial charge is 0.159 e. The summed E-state index contributed by atoms with van der Waals surface area (Å²) in [5, 5.41) is 0. The Kier molecular flexibility index (Phi) is 4.05. The average Bonchev–Trinajstić information content (AvgIpc) is 2.42. The van der Waals surface area contributed by atoms with Crippen LogP contribution in [0.3, 0.4) is 0 Å². The van der Waals surface area contributed by atoms with Crippen LogP contribution in [0.15, 0.2) is 11.1 Å². The zero-order chi connectivity index (χ0) is 10.6. The summed E-state index contributed by atoms with van der Waals surface area (Å²) in [5.41, 5.74) is 2.30. The zero-order valence-corrected chi connectivity index (χ0v) is 9.06. The molecule has 0 aromatic rings. The van der Waals surface area contributed by atoms with Crippen molar-refractivity contribution in [3.05, 3.63) is 11.1 Å². The van der Waals surface area contributed by atoms with Crippen molar-refractivity contribution >= 4 is 11.6 Å². The van der Waals surface area contributed by atoms with Crippen LogP contribution in [0.4, 0.5) is 0 Å². The quantitative estimate of drug-likeness (QED) is 0.631. The summed E-state index contributed by atoms with van der Waals surface area (Å²) in [6, 6.07) is 0. The number of rotatable bonds is 5. The van der Waals surface area contributed by atoms with Gasteiger partial charge < -0.3 is 4.79 Å². The highest BCUT2D eigenvalue weighted by Gasteiger charge is 2.18. The highest BCUT2D eigenvalue weighted by atomic mass is 16.1. The predicted molar refractivity (Wildman–Crippen MR) is 56.1 cm³/mol. The third-order valence-corrected chi connectivity index (χ3v) is 2.78. The predicted octanol–water partition coefficient (Wildman–Crippen LogP) is 2.82. The lowest BCUT2D eigenvalue weighted by molar-refractivity contribution is -0.117. The first-order chi connectivity index (χ1) is 6.61. The Morgan fingerprint density at radius 1 is 1.29 bits per heavy atom. The maximum Gasteiger partial charge on any atom is 0.159 e. The van der Waals surface area contributed by atoms with Gasteiger partial charge in [-0.25, -0.2) is 0 Å². The maximum absolute atomic E-state index is 11.4. The molecule has 1 aliphatic carbocycles. The van der Waals surface area contributed by atoms with Gasteiger partial charge in [-0.05, 0) is 45.1 Å². The van der Waals surface area contributed by atoms with Gasteiger partial charge >= 0.3 is 0 Å². The molecule has 14 heavy (non-hydrogen) atoms. The Morgan fingerprint density at radius 2 is 2.00 bits per heavy atom. The summed E-state index contributed by atoms with van der Waals surface area (Å²) in [6.45, 7) is 3.66. The second-order valence-electron chi connectivity index (χ2n) is 4.09. The Balaban J connectivity index is 2.27. The third-order valence-electron chi connectivity index (χ3n) is 2.78. The van der Waals surface area contributed by atoms with Gasteiger partial charge in [0.25, 0.3) is 0 Å². The molecule has 0 aromatic carbocycles. The molecule has 0 amide bonds. The van der Waals surface area contributed by atoms with Gasteiger partial charge in [-0.1, -0.05) is 5.57 Å². The molecule has 0 heterocycles. The topological polar surface area (TPSA) is 34.1 Å². The first kappa shape index (κ1) is 11.2. The van der Waals surface area contributed by atoms with E-state index in [0.29, 0.717) is 18.6 Å². The molecule has 2 heteroatoms. The van der Waals surface area contributed by atoms with E-state index in [1.807, 2.05) is 6.92 Å². The van der Waals surface area contributed by atoms with Crippen molar-refractivity contribution in [2.24, 2.45) is 0 Å². The lowest BCUT2D eigenvalue weighted by Gasteiger charge is -2.01. The van der Waals surface area contributed by atoms with Gasteiger partial charge in [-0.2, -0.15) is 0 Å². The number of carbonyl (C=O) groups is 2. The zero-order valence-electron chi connectivity index (χ0n) is 9.06. The van der Waals surface area contributed by atoms with Gasteiger partial charge in [0.1, 0.15) is 5.78 Å². The third kappa shape index (κ3) is 3.09. The molecule has 0 spiro atoms. The van der Waals surface area contributed by atoms with Crippen molar-refractivity contribution in [3.8, 4) is 0 Å². The highest BCUT2D eigenvalue weighted by molar-refractivity contribution is 5.98. The number of ketones is 2. The Morgan fingerprint density at radius 3 is 2.50 bits per heavy atom. The second-order valence-corrected chi connectivity index (χ2v) is 4.09. The average molecular weight is 194 g/mol. The van der Waals surface area contributed by atoms with E-state index in [9.17, 15) is 9.59 Å². The summed E-state index contributed by atoms with van der Waals surface area (Å²) >= 11 is 0. The van der Waals surface area contributed by atoms with Gasteiger partial charge in [0.05, 0.1) is 0 Å². The molecular formula is C12H18O2. The first-order valence-corrected chi connectivity index (χ1v) is 5.32. The van der Waals surface area contributed by atoms with E-state index in [4.69, 9.17) is 0 Å². The van der Waals surface area contributed by atoms with Crippen LogP contribution in [0.5, 0.6) is 0 Å². The minimum atomic E-state index is 0.244. The molecule has 0 saturated carbocycles. The lowest BCUT2D eigenvalue weighted by atomic mass is 10.0. The van der Waals surface area contributed by atoms with Crippen molar-refractivity contribution in [2.75, 3.05) is 0 Å². The van der Waals surface area contributed by atoms with E-state index in [-0.39, 0.29) is 5.78 Å². The van der Waals surface area contributed by atoms with Gasteiger partial charge in [-0.3, -0.25) is 4.79 Å². The SMILES string of the molecule is CC(=O)CCCCC1=C(C)CCC1=O. The number of hydrogen-bond acceptors (Lipinski definition) is 2. The molecule has 0 atom stereocenters. The summed E-state index contributed by atoms with van der Waals surface area (Å²) in [5.74, 6) is 0.568. The number of hydrogen-bond donors (Lipinski definition) is 0. The van der Waals surface area contributed by atoms with Crippen LogP contribution in [-0.4, -0.2) is 11.6 Å². The molecule has 2 nitrogen and oxygen atoms in total. The largest absolute Gasteiger partial charge is 0.300 e. The number of allylic oxidation sites excluding steroid dienone is 2. The fraction of sp³-hybridized carbons (Fsp3) is 0.667. The van der Waals surface area contributed by atoms with E-state index >= 15 is 0 Å². The molecule has 0 aliphatic heterocycles. The molecule has 1 aliphatic rings. The molecule has 0 aromatic heterocycles. The van der Waals surface area contributed by atoms with Crippen molar-refractivity contribution < 1.29 is 9.59 Å². The van der Waals surface area contributed by atoms with E-state index < -0.39 is 0 Å². The summed E-state index contributed by atoms with van der Waals surface area (Å²) in [6.07, 6.45) is 5.06. The van der Waals surface area contributed by atoms with Gasteiger partial charge in [0.2, 0.25) is 0 Å². The summed E-state index contributed by atoms with van der Waals surface area (Å²) < 4.78 is 0. The van der Waals surface area contributed by atoms with Crippen LogP contribution in [0, 0.1) is 0 Å². The van der Waals surface area contributed by atoms with Gasteiger partial charge in [0, 0.05) is 12.8 Å². The van der Waals surface area contributed by atoms with E-state index in [2.05, 4.69) is 0 Å². The molecule has 0 N–H and O–H groups in total. The minimum Gasteiger partial charge on any atom is -0.300 e. The Hall–Kier alpha value is -0.920. The molecule has 1 rings (SSSR count). The number of carbonyl (C=O) groups excluding carboxylic acids is 2. The second kappa shape index (κ2) is 5.08. The van der Waals surface area contributed by atoms with E-state index in [1.54, 1.807) is 6.92 Å². The molecule has 78 valence electrons. The van der Waals surface area contributed by atoms with Crippen LogP contribution in [0.2, 0.25) is 0 Å². The molecule has 0 unspecified atom stereocenters. The van der Waals surface area contributed by atoms with Gasteiger partial charge in [-0.15, -0.1) is 0 Å². The summed E-state index contributed by atoms with van der Waals surface area (Å²) in [7, 11) is 0. The Labute approximate surface area is 85.4 Å². The van der Waals surface area contributed by atoms with Crippen LogP contribution in [-0.2, 0) is 9.59 Å². The maximum atomic E-state index is 11.4. The Bertz CT molecular complexity index is 274. The van der Waals surface area contributed by atoms with Crippen LogP contribution < -0.4 is 0 Å². The molecule has 0 fully saturated rings. The van der Waals surface area contributed by atoms with Crippen molar-refractivity contribution in [1.82, 2.24) is 0 Å². The van der Waals surface area contributed by atoms with E-state index in [1.165, 1.54) is 5.57 Å². The lowest BCUT2D eigenvalue weighted by Crippen LogP contribution is -1.97. The summed E-state index contributed by atoms with van der Waals surface area (Å²) in [4.78, 5) is 22.1. The van der Waals surface area contributed by atoms with Crippen LogP contribution in [0.1, 0.15) is 52.4 Å². The molecule has 0 radical (unpaired) electrons. The van der Waals surface area contributed by atoms with Crippen molar-refractivity contribution in [3.63, 3.8) is 0 Å². The van der Waals surface area contributed by atoms with Crippen molar-refractivity contribution in [1.29, 1.82) is 0 Å². The highest BCUT2D eigenvalue weighted by Crippen LogP contribution is 2.26. The minimum absolute atomic E-state index is 0.244. The van der Waals surface area contributed by atoms with Crippen molar-refractivity contribution in [2.45, 2.75) is 52.4 Å². The van der Waals surface area contributed by atoms with E-state index in [0.717, 1.165) is 31.3 Å². The fourth-order valence-corrected chi connectivity index (χ4v) is 1.87. The standard InChI is InChI=1S/C12H18O2/c1-9-7-8-12(14)11(9)6-4-3-5-10(2)13/h3-8H2,1-2H3.